The van der Waals surface area contributed by atoms with Gasteiger partial charge in [-0.3, -0.25) is 9.98 Å². The van der Waals surface area contributed by atoms with Crippen LogP contribution in [0.2, 0.25) is 0 Å². The average molecular weight is 1210 g/mol. The number of phenols is 2. The molecule has 0 aliphatic heterocycles. The number of nitrogens with zero attached hydrogens (tertiary/aromatic N) is 2. The van der Waals surface area contributed by atoms with E-state index in [1.807, 2.05) is 27.7 Å². The Kier molecular flexibility index (Phi) is 39.9. The van der Waals surface area contributed by atoms with Crippen LogP contribution in [0.1, 0.15) is 289 Å². The minimum absolute atomic E-state index is 0. The zero-order valence-electron chi connectivity index (χ0n) is 51.9. The van der Waals surface area contributed by atoms with Crippen LogP contribution in [0.15, 0.2) is 58.5 Å². The van der Waals surface area contributed by atoms with E-state index >= 15 is 0 Å². The van der Waals surface area contributed by atoms with Gasteiger partial charge in [0.05, 0.1) is 33.9 Å². The van der Waals surface area contributed by atoms with Crippen molar-refractivity contribution in [2.24, 2.45) is 9.98 Å². The monoisotopic (exact) mass is 1210 g/mol. The maximum atomic E-state index is 11.7. The molecule has 11 heteroatoms. The normalized spacial score (nSPS) is 11.4. The second-order valence-electron chi connectivity index (χ2n) is 22.0. The van der Waals surface area contributed by atoms with E-state index in [2.05, 4.69) is 77.9 Å². The Bertz CT molecular complexity index is 2270. The van der Waals surface area contributed by atoms with Crippen molar-refractivity contribution in [1.82, 2.24) is 0 Å². The van der Waals surface area contributed by atoms with Gasteiger partial charge in [0.1, 0.15) is 11.5 Å². The van der Waals surface area contributed by atoms with Gasteiger partial charge in [0.25, 0.3) is 0 Å². The number of hydrogen-bond donors (Lipinski definition) is 4. The number of aliphatic imine (C=N–C) groups is 2. The number of carboxylic acids is 2. The van der Waals surface area contributed by atoms with E-state index in [4.69, 9.17) is 20.2 Å². The summed E-state index contributed by atoms with van der Waals surface area (Å²) in [5.41, 5.74) is 12.8. The minimum Gasteiger partial charge on any atom is -0.869 e. The zero-order chi connectivity index (χ0) is 59.2. The maximum Gasteiger partial charge on any atom is 2.00 e. The van der Waals surface area contributed by atoms with Gasteiger partial charge in [-0.2, -0.15) is 0 Å². The molecular weight excluding hydrogens is 1100 g/mol. The van der Waals surface area contributed by atoms with E-state index < -0.39 is 34.9 Å². The summed E-state index contributed by atoms with van der Waals surface area (Å²) >= 11 is 0. The summed E-state index contributed by atoms with van der Waals surface area (Å²) in [7, 11) is 0. The van der Waals surface area contributed by atoms with Crippen LogP contribution in [0.3, 0.4) is 0 Å². The van der Waals surface area contributed by atoms with Gasteiger partial charge < -0.3 is 30.6 Å². The fourth-order valence-corrected chi connectivity index (χ4v) is 10.2. The molecule has 81 heavy (non-hydrogen) atoms. The number of aryl methyl sites for hydroxylation is 6. The quantitative estimate of drug-likeness (QED) is 0.0195. The molecule has 0 heterocycles. The summed E-state index contributed by atoms with van der Waals surface area (Å²) in [5, 5.41) is 60.8. The van der Waals surface area contributed by atoms with E-state index in [9.17, 15) is 30.0 Å². The molecule has 0 amide bonds. The van der Waals surface area contributed by atoms with Gasteiger partial charge in [0, 0.05) is 0 Å². The predicted molar refractivity (Wildman–Crippen MR) is 333 cm³/mol. The topological polar surface area (TPSA) is 186 Å². The molecular formula is C70H106N2O8Pd. The molecule has 0 aromatic heterocycles. The standard InChI is InChI=1S/C42H68N2.2C14H20O4.Pd/c1-7-13-19-23-35-29-36(24-20-14-8-2)32-39(31-35)43-41(27-17-11-5)42(28-18-12-6)44-40-33-37(25-21-15-9-3)30-38(34-40)26-22-16-10-4;2*1-3-5-7-10-9(6-4-2)8-11(15)13(16)12(10)14(17)18;/h29-34H,7-28H2,1-6H3;2*8,15-16H,3-7H2,1-2H3,(H,17,18);/q;;;+2/p-2. The number of hydrogen-bond acceptors (Lipinski definition) is 8. The van der Waals surface area contributed by atoms with Crippen molar-refractivity contribution in [1.29, 1.82) is 0 Å². The summed E-state index contributed by atoms with van der Waals surface area (Å²) in [4.78, 5) is 33.4. The first kappa shape index (κ1) is 74.0. The fourth-order valence-electron chi connectivity index (χ4n) is 10.2. The van der Waals surface area contributed by atoms with E-state index in [-0.39, 0.29) is 31.5 Å². The van der Waals surface area contributed by atoms with E-state index in [0.717, 1.165) is 112 Å². The van der Waals surface area contributed by atoms with Gasteiger partial charge in [-0.1, -0.05) is 183 Å². The van der Waals surface area contributed by atoms with Crippen LogP contribution in [0.4, 0.5) is 11.4 Å². The molecule has 0 unspecified atom stereocenters. The maximum absolute atomic E-state index is 11.7. The fraction of sp³-hybridized carbons (Fsp3) is 0.600. The van der Waals surface area contributed by atoms with Gasteiger partial charge in [0.2, 0.25) is 0 Å². The SMILES string of the molecule is CCCCCc1cc(CCCCC)cc(N=C(CCCC)C(CCCC)=Nc2cc(CCCCC)cc(CCCCC)c2)c1.CCCCc1c(CCC)cc(O)c([O-])c1C(=O)O.CCCCc1c(CCC)cc(O)c([O-])c1C(=O)O.[Pd+2]. The Balaban J connectivity index is 0.000000724. The molecule has 0 radical (unpaired) electrons. The molecule has 10 nitrogen and oxygen atoms in total. The van der Waals surface area contributed by atoms with Crippen LogP contribution in [0.25, 0.3) is 0 Å². The van der Waals surface area contributed by atoms with Gasteiger partial charge >= 0.3 is 32.4 Å². The van der Waals surface area contributed by atoms with Gasteiger partial charge in [-0.15, -0.1) is 0 Å². The number of unbranched alkanes of at least 4 members (excludes halogenated alkanes) is 12. The van der Waals surface area contributed by atoms with Gasteiger partial charge in [0.15, 0.2) is 0 Å². The van der Waals surface area contributed by atoms with Crippen LogP contribution in [-0.4, -0.2) is 43.8 Å². The molecule has 0 saturated carbocycles. The Hall–Kier alpha value is -4.98. The molecule has 0 spiro atoms. The van der Waals surface area contributed by atoms with E-state index in [1.54, 1.807) is 0 Å². The number of aromatic carboxylic acids is 2. The molecule has 4 aromatic rings. The van der Waals surface area contributed by atoms with Gasteiger partial charge in [-0.05, 0) is 196 Å². The van der Waals surface area contributed by atoms with Gasteiger partial charge in [-0.25, -0.2) is 9.59 Å². The van der Waals surface area contributed by atoms with Crippen LogP contribution in [0.5, 0.6) is 23.0 Å². The number of benzene rings is 4. The van der Waals surface area contributed by atoms with Crippen LogP contribution >= 0.6 is 0 Å². The molecule has 4 aromatic carbocycles. The summed E-state index contributed by atoms with van der Waals surface area (Å²) < 4.78 is 0. The Morgan fingerprint density at radius 3 is 0.901 bits per heavy atom. The Labute approximate surface area is 504 Å². The van der Waals surface area contributed by atoms with Crippen molar-refractivity contribution in [2.75, 3.05) is 0 Å². The third kappa shape index (κ3) is 27.3. The smallest absolute Gasteiger partial charge is 0.869 e. The minimum atomic E-state index is -1.25. The Morgan fingerprint density at radius 2 is 0.654 bits per heavy atom. The Morgan fingerprint density at radius 1 is 0.370 bits per heavy atom. The van der Waals surface area contributed by atoms with Crippen molar-refractivity contribution in [3.8, 4) is 23.0 Å². The summed E-state index contributed by atoms with van der Waals surface area (Å²) in [6.45, 7) is 21.7. The van der Waals surface area contributed by atoms with Crippen molar-refractivity contribution >= 4 is 34.7 Å². The first-order chi connectivity index (χ1) is 38.6. The van der Waals surface area contributed by atoms with Crippen LogP contribution in [0, 0.1) is 0 Å². The number of aromatic hydroxyl groups is 2. The molecule has 0 fully saturated rings. The van der Waals surface area contributed by atoms with Crippen molar-refractivity contribution in [3.05, 3.63) is 104 Å². The molecule has 0 saturated heterocycles. The first-order valence-electron chi connectivity index (χ1n) is 31.6. The predicted octanol–water partition coefficient (Wildman–Crippen LogP) is 18.8. The largest absolute Gasteiger partial charge is 2.00 e. The third-order valence-corrected chi connectivity index (χ3v) is 14.7. The number of rotatable bonds is 37. The molecule has 0 atom stereocenters. The third-order valence-electron chi connectivity index (χ3n) is 14.7. The molecule has 4 N–H and O–H groups in total. The van der Waals surface area contributed by atoms with Crippen LogP contribution in [-0.2, 0) is 71.8 Å². The van der Waals surface area contributed by atoms with Crippen molar-refractivity contribution in [3.63, 3.8) is 0 Å². The molecule has 0 aliphatic carbocycles. The average Bonchev–Trinajstić information content (AvgIpc) is 3.42. The van der Waals surface area contributed by atoms with Crippen molar-refractivity contribution in [2.45, 2.75) is 275 Å². The second-order valence-corrected chi connectivity index (χ2v) is 22.0. The van der Waals surface area contributed by atoms with E-state index in [1.165, 1.54) is 136 Å². The number of phenolic OH excluding ortho intramolecular Hbond substituents is 2. The van der Waals surface area contributed by atoms with Crippen LogP contribution < -0.4 is 10.2 Å². The summed E-state index contributed by atoms with van der Waals surface area (Å²) in [5.74, 6) is -4.96. The molecule has 0 bridgehead atoms. The molecule has 4 rings (SSSR count). The zero-order valence-corrected chi connectivity index (χ0v) is 53.4. The summed E-state index contributed by atoms with van der Waals surface area (Å²) in [6.07, 6.45) is 34.3. The number of carboxylic acid groups (broad SMARTS) is 2. The van der Waals surface area contributed by atoms with E-state index in [0.29, 0.717) is 36.8 Å². The first-order valence-corrected chi connectivity index (χ1v) is 31.6. The molecule has 454 valence electrons. The van der Waals surface area contributed by atoms with Crippen molar-refractivity contribution < 1.29 is 60.7 Å². The number of carbonyl (C=O) groups is 2. The summed E-state index contributed by atoms with van der Waals surface area (Å²) in [6, 6.07) is 17.3. The molecule has 0 aliphatic rings. The second kappa shape index (κ2) is 43.7.